The Hall–Kier alpha value is -2.61. The quantitative estimate of drug-likeness (QED) is 0.747. The minimum atomic E-state index is -4.37. The third-order valence-electron chi connectivity index (χ3n) is 3.32. The lowest BCUT2D eigenvalue weighted by atomic mass is 10.2. The summed E-state index contributed by atoms with van der Waals surface area (Å²) in [4.78, 5) is 16.0. The van der Waals surface area contributed by atoms with Crippen LogP contribution < -0.4 is 10.6 Å². The van der Waals surface area contributed by atoms with Crippen molar-refractivity contribution in [3.8, 4) is 0 Å². The fourth-order valence-electron chi connectivity index (χ4n) is 2.01. The molecule has 2 rings (SSSR count). The molecule has 0 bridgehead atoms. The predicted molar refractivity (Wildman–Crippen MR) is 87.8 cm³/mol. The van der Waals surface area contributed by atoms with Gasteiger partial charge in [0.2, 0.25) is 0 Å². The van der Waals surface area contributed by atoms with E-state index in [1.807, 2.05) is 0 Å². The number of benzene rings is 1. The van der Waals surface area contributed by atoms with Crippen molar-refractivity contribution in [3.05, 3.63) is 53.7 Å². The SMILES string of the molecule is COCCCNC(=O)c1ccc(Nc2ccc(C(F)(F)F)cc2)nc1. The summed E-state index contributed by atoms with van der Waals surface area (Å²) in [5.74, 6) is 0.181. The van der Waals surface area contributed by atoms with Crippen LogP contribution in [0, 0.1) is 0 Å². The van der Waals surface area contributed by atoms with Crippen molar-refractivity contribution in [2.45, 2.75) is 12.6 Å². The number of nitrogens with zero attached hydrogens (tertiary/aromatic N) is 1. The molecule has 1 heterocycles. The van der Waals surface area contributed by atoms with Crippen LogP contribution in [0.2, 0.25) is 0 Å². The Bertz CT molecular complexity index is 686. The van der Waals surface area contributed by atoms with Crippen molar-refractivity contribution in [2.24, 2.45) is 0 Å². The van der Waals surface area contributed by atoms with Gasteiger partial charge in [0, 0.05) is 32.1 Å². The van der Waals surface area contributed by atoms with E-state index in [-0.39, 0.29) is 5.91 Å². The maximum absolute atomic E-state index is 12.5. The monoisotopic (exact) mass is 353 g/mol. The number of methoxy groups -OCH3 is 1. The number of hydrogen-bond donors (Lipinski definition) is 2. The van der Waals surface area contributed by atoms with Gasteiger partial charge in [0.1, 0.15) is 5.82 Å². The van der Waals surface area contributed by atoms with Gasteiger partial charge in [-0.15, -0.1) is 0 Å². The largest absolute Gasteiger partial charge is 0.416 e. The van der Waals surface area contributed by atoms with Crippen LogP contribution in [0.15, 0.2) is 42.6 Å². The summed E-state index contributed by atoms with van der Waals surface area (Å²) in [5, 5.41) is 5.62. The van der Waals surface area contributed by atoms with E-state index in [0.717, 1.165) is 12.1 Å². The summed E-state index contributed by atoms with van der Waals surface area (Å²) in [6, 6.07) is 7.79. The number of aromatic nitrogens is 1. The van der Waals surface area contributed by atoms with Crippen molar-refractivity contribution >= 4 is 17.4 Å². The number of halogens is 3. The molecule has 1 aromatic carbocycles. The number of alkyl halides is 3. The minimum absolute atomic E-state index is 0.246. The number of hydrogen-bond acceptors (Lipinski definition) is 4. The summed E-state index contributed by atoms with van der Waals surface area (Å²) >= 11 is 0. The van der Waals surface area contributed by atoms with Gasteiger partial charge in [-0.25, -0.2) is 4.98 Å². The lowest BCUT2D eigenvalue weighted by molar-refractivity contribution is -0.137. The van der Waals surface area contributed by atoms with E-state index >= 15 is 0 Å². The highest BCUT2D eigenvalue weighted by Gasteiger charge is 2.29. The molecule has 1 aromatic heterocycles. The Labute approximate surface area is 143 Å². The van der Waals surface area contributed by atoms with E-state index in [1.165, 1.54) is 18.3 Å². The first-order chi connectivity index (χ1) is 11.9. The second kappa shape index (κ2) is 8.48. The number of carbonyl (C=O) groups is 1. The molecule has 134 valence electrons. The van der Waals surface area contributed by atoms with Gasteiger partial charge in [0.15, 0.2) is 0 Å². The van der Waals surface area contributed by atoms with Crippen LogP contribution in [0.5, 0.6) is 0 Å². The van der Waals surface area contributed by atoms with Gasteiger partial charge < -0.3 is 15.4 Å². The van der Waals surface area contributed by atoms with Crippen LogP contribution in [-0.2, 0) is 10.9 Å². The van der Waals surface area contributed by atoms with Crippen molar-refractivity contribution < 1.29 is 22.7 Å². The molecule has 0 radical (unpaired) electrons. The Balaban J connectivity index is 1.92. The summed E-state index contributed by atoms with van der Waals surface area (Å²) < 4.78 is 42.5. The molecule has 0 saturated heterocycles. The molecule has 0 spiro atoms. The molecule has 0 fully saturated rings. The molecule has 0 unspecified atom stereocenters. The first-order valence-corrected chi connectivity index (χ1v) is 7.57. The Kier molecular flexibility index (Phi) is 6.35. The Morgan fingerprint density at radius 1 is 1.16 bits per heavy atom. The van der Waals surface area contributed by atoms with Crippen LogP contribution in [0.4, 0.5) is 24.7 Å². The molecule has 0 atom stereocenters. The first-order valence-electron chi connectivity index (χ1n) is 7.57. The van der Waals surface area contributed by atoms with E-state index in [1.54, 1.807) is 19.2 Å². The van der Waals surface area contributed by atoms with E-state index in [2.05, 4.69) is 15.6 Å². The third-order valence-corrected chi connectivity index (χ3v) is 3.32. The zero-order valence-electron chi connectivity index (χ0n) is 13.6. The maximum atomic E-state index is 12.5. The van der Waals surface area contributed by atoms with Crippen molar-refractivity contribution in [2.75, 3.05) is 25.6 Å². The molecule has 0 saturated carbocycles. The molecular formula is C17H18F3N3O2. The molecular weight excluding hydrogens is 335 g/mol. The van der Waals surface area contributed by atoms with E-state index < -0.39 is 11.7 Å². The molecule has 2 N–H and O–H groups in total. The zero-order valence-corrected chi connectivity index (χ0v) is 13.6. The molecule has 0 aliphatic rings. The molecule has 8 heteroatoms. The summed E-state index contributed by atoms with van der Waals surface area (Å²) in [6.07, 6.45) is -2.25. The van der Waals surface area contributed by atoms with E-state index in [0.29, 0.717) is 36.6 Å². The summed E-state index contributed by atoms with van der Waals surface area (Å²) in [5.41, 5.74) is 0.152. The first kappa shape index (κ1) is 18.7. The summed E-state index contributed by atoms with van der Waals surface area (Å²) in [6.45, 7) is 1.06. The molecule has 0 aliphatic heterocycles. The molecule has 0 aliphatic carbocycles. The molecule has 1 amide bonds. The second-order valence-electron chi connectivity index (χ2n) is 5.23. The smallest absolute Gasteiger partial charge is 0.385 e. The van der Waals surface area contributed by atoms with Crippen molar-refractivity contribution in [1.82, 2.24) is 10.3 Å². The van der Waals surface area contributed by atoms with Gasteiger partial charge in [-0.2, -0.15) is 13.2 Å². The van der Waals surface area contributed by atoms with Crippen LogP contribution in [0.1, 0.15) is 22.3 Å². The number of rotatable bonds is 7. The number of pyridine rings is 1. The lowest BCUT2D eigenvalue weighted by Gasteiger charge is -2.09. The fourth-order valence-corrected chi connectivity index (χ4v) is 2.01. The Morgan fingerprint density at radius 3 is 2.44 bits per heavy atom. The lowest BCUT2D eigenvalue weighted by Crippen LogP contribution is -2.25. The highest BCUT2D eigenvalue weighted by molar-refractivity contribution is 5.94. The number of ether oxygens (including phenoxy) is 1. The van der Waals surface area contributed by atoms with Gasteiger partial charge in [-0.3, -0.25) is 4.79 Å². The van der Waals surface area contributed by atoms with Gasteiger partial charge in [-0.05, 0) is 42.8 Å². The average molecular weight is 353 g/mol. The van der Waals surface area contributed by atoms with Gasteiger partial charge >= 0.3 is 6.18 Å². The minimum Gasteiger partial charge on any atom is -0.385 e. The van der Waals surface area contributed by atoms with Gasteiger partial charge in [-0.1, -0.05) is 0 Å². The van der Waals surface area contributed by atoms with Crippen molar-refractivity contribution in [3.63, 3.8) is 0 Å². The number of amides is 1. The number of carbonyl (C=O) groups excluding carboxylic acids is 1. The molecule has 25 heavy (non-hydrogen) atoms. The van der Waals surface area contributed by atoms with Crippen molar-refractivity contribution in [1.29, 1.82) is 0 Å². The Morgan fingerprint density at radius 2 is 1.88 bits per heavy atom. The highest BCUT2D eigenvalue weighted by atomic mass is 19.4. The van der Waals surface area contributed by atoms with Gasteiger partial charge in [0.05, 0.1) is 11.1 Å². The zero-order chi connectivity index (χ0) is 18.3. The van der Waals surface area contributed by atoms with Gasteiger partial charge in [0.25, 0.3) is 5.91 Å². The average Bonchev–Trinajstić information content (AvgIpc) is 2.59. The summed E-state index contributed by atoms with van der Waals surface area (Å²) in [7, 11) is 1.59. The number of anilines is 2. The standard InChI is InChI=1S/C17H18F3N3O2/c1-25-10-2-9-21-16(24)12-3-8-15(22-11-12)23-14-6-4-13(5-7-14)17(18,19)20/h3-8,11H,2,9-10H2,1H3,(H,21,24)(H,22,23). The predicted octanol–water partition coefficient (Wildman–Crippen LogP) is 3.61. The topological polar surface area (TPSA) is 63.2 Å². The van der Waals surface area contributed by atoms with Crippen LogP contribution in [0.25, 0.3) is 0 Å². The van der Waals surface area contributed by atoms with E-state index in [9.17, 15) is 18.0 Å². The number of nitrogens with one attached hydrogen (secondary N) is 2. The maximum Gasteiger partial charge on any atom is 0.416 e. The van der Waals surface area contributed by atoms with Crippen LogP contribution in [-0.4, -0.2) is 31.2 Å². The molecule has 2 aromatic rings. The highest BCUT2D eigenvalue weighted by Crippen LogP contribution is 2.30. The van der Waals surface area contributed by atoms with Crippen LogP contribution >= 0.6 is 0 Å². The fraction of sp³-hybridized carbons (Fsp3) is 0.294. The molecule has 5 nitrogen and oxygen atoms in total. The normalized spacial score (nSPS) is 11.2. The third kappa shape index (κ3) is 5.75. The second-order valence-corrected chi connectivity index (χ2v) is 5.23. The van der Waals surface area contributed by atoms with E-state index in [4.69, 9.17) is 4.74 Å². The van der Waals surface area contributed by atoms with Crippen LogP contribution in [0.3, 0.4) is 0 Å².